The van der Waals surface area contributed by atoms with Gasteiger partial charge in [-0.2, -0.15) is 10.2 Å². The first-order valence-corrected chi connectivity index (χ1v) is 11.4. The number of carbonyl (C=O) groups excluding carboxylic acids is 1. The minimum atomic E-state index is -0.788. The normalized spacial score (nSPS) is 11.9. The van der Waals surface area contributed by atoms with Crippen molar-refractivity contribution in [1.29, 1.82) is 0 Å². The average molecular weight is 476 g/mol. The molecule has 0 aliphatic rings. The molecule has 2 heterocycles. The minimum absolute atomic E-state index is 0.216. The van der Waals surface area contributed by atoms with Gasteiger partial charge < -0.3 is 14.8 Å². The summed E-state index contributed by atoms with van der Waals surface area (Å²) in [5.41, 5.74) is 2.97. The van der Waals surface area contributed by atoms with E-state index in [-0.39, 0.29) is 12.5 Å². The zero-order valence-electron chi connectivity index (χ0n) is 20.5. The molecule has 9 heteroatoms. The topological polar surface area (TPSA) is 100 Å². The summed E-state index contributed by atoms with van der Waals surface area (Å²) in [6, 6.07) is 14.2. The molecule has 1 N–H and O–H groups in total. The Balaban J connectivity index is 1.68. The van der Waals surface area contributed by atoms with Crippen LogP contribution in [0.3, 0.4) is 0 Å². The van der Waals surface area contributed by atoms with E-state index in [0.29, 0.717) is 34.5 Å². The third kappa shape index (κ3) is 4.49. The van der Waals surface area contributed by atoms with Crippen LogP contribution in [0.15, 0.2) is 53.3 Å². The second-order valence-electron chi connectivity index (χ2n) is 8.21. The van der Waals surface area contributed by atoms with Gasteiger partial charge in [0.25, 0.3) is 5.56 Å². The fourth-order valence-electron chi connectivity index (χ4n) is 4.27. The van der Waals surface area contributed by atoms with E-state index in [1.807, 2.05) is 51.1 Å². The molecule has 1 amide bonds. The van der Waals surface area contributed by atoms with Gasteiger partial charge in [0.15, 0.2) is 5.52 Å². The lowest BCUT2D eigenvalue weighted by atomic mass is 10.1. The number of hydrogen-bond acceptors (Lipinski definition) is 6. The van der Waals surface area contributed by atoms with Crippen molar-refractivity contribution in [2.45, 2.75) is 39.8 Å². The van der Waals surface area contributed by atoms with Gasteiger partial charge in [0, 0.05) is 12.1 Å². The van der Waals surface area contributed by atoms with Gasteiger partial charge in [-0.3, -0.25) is 9.59 Å². The number of fused-ring (bicyclic) bond motifs is 1. The molecule has 182 valence electrons. The molecule has 4 rings (SSSR count). The van der Waals surface area contributed by atoms with Crippen LogP contribution in [0.2, 0.25) is 0 Å². The molecule has 4 aromatic rings. The minimum Gasteiger partial charge on any atom is -0.497 e. The first-order chi connectivity index (χ1) is 16.9. The highest BCUT2D eigenvalue weighted by atomic mass is 16.5. The van der Waals surface area contributed by atoms with E-state index in [4.69, 9.17) is 9.47 Å². The van der Waals surface area contributed by atoms with Gasteiger partial charge in [0.05, 0.1) is 36.7 Å². The molecular formula is C26H29N5O4. The molecular weight excluding hydrogens is 446 g/mol. The van der Waals surface area contributed by atoms with Crippen LogP contribution in [0.4, 0.5) is 0 Å². The van der Waals surface area contributed by atoms with Crippen LogP contribution < -0.4 is 20.3 Å². The van der Waals surface area contributed by atoms with Crippen molar-refractivity contribution in [3.05, 3.63) is 75.8 Å². The zero-order chi connectivity index (χ0) is 25.1. The molecule has 2 aromatic heterocycles. The average Bonchev–Trinajstić information content (AvgIpc) is 3.24. The van der Waals surface area contributed by atoms with E-state index >= 15 is 0 Å². The molecule has 9 nitrogen and oxygen atoms in total. The number of ether oxygens (including phenoxy) is 2. The predicted molar refractivity (Wildman–Crippen MR) is 133 cm³/mol. The number of nitrogens with one attached hydrogen (secondary N) is 1. The Labute approximate surface area is 203 Å². The van der Waals surface area contributed by atoms with Crippen LogP contribution in [0, 0.1) is 13.8 Å². The maximum Gasteiger partial charge on any atom is 0.295 e. The molecule has 2 aromatic carbocycles. The number of benzene rings is 2. The fourth-order valence-corrected chi connectivity index (χ4v) is 4.27. The van der Waals surface area contributed by atoms with Crippen molar-refractivity contribution in [1.82, 2.24) is 24.9 Å². The van der Waals surface area contributed by atoms with E-state index in [2.05, 4.69) is 15.5 Å². The Bertz CT molecular complexity index is 1430. The third-order valence-electron chi connectivity index (χ3n) is 6.07. The van der Waals surface area contributed by atoms with Gasteiger partial charge >= 0.3 is 0 Å². The molecule has 0 spiro atoms. The summed E-state index contributed by atoms with van der Waals surface area (Å²) in [6.07, 6.45) is 0.386. The number of amides is 1. The van der Waals surface area contributed by atoms with E-state index in [0.717, 1.165) is 16.9 Å². The molecule has 1 atom stereocenters. The van der Waals surface area contributed by atoms with Crippen LogP contribution in [-0.2, 0) is 11.3 Å². The van der Waals surface area contributed by atoms with Gasteiger partial charge in [-0.25, -0.2) is 9.36 Å². The lowest BCUT2D eigenvalue weighted by Gasteiger charge is -2.18. The number of aryl methyl sites for hydroxylation is 2. The van der Waals surface area contributed by atoms with Gasteiger partial charge in [-0.15, -0.1) is 0 Å². The molecule has 0 saturated carbocycles. The number of methoxy groups -OCH3 is 2. The lowest BCUT2D eigenvalue weighted by Crippen LogP contribution is -2.38. The Morgan fingerprint density at radius 3 is 2.46 bits per heavy atom. The van der Waals surface area contributed by atoms with E-state index in [1.54, 1.807) is 37.1 Å². The van der Waals surface area contributed by atoms with Crippen LogP contribution in [0.5, 0.6) is 11.5 Å². The van der Waals surface area contributed by atoms with Gasteiger partial charge in [-0.05, 0) is 50.6 Å². The van der Waals surface area contributed by atoms with Crippen molar-refractivity contribution in [2.24, 2.45) is 0 Å². The first-order valence-electron chi connectivity index (χ1n) is 11.4. The molecule has 0 fully saturated rings. The van der Waals surface area contributed by atoms with Crippen molar-refractivity contribution < 1.29 is 14.3 Å². The van der Waals surface area contributed by atoms with Crippen molar-refractivity contribution >= 4 is 16.8 Å². The second-order valence-corrected chi connectivity index (χ2v) is 8.21. The number of hydrogen-bond donors (Lipinski definition) is 1. The molecule has 35 heavy (non-hydrogen) atoms. The third-order valence-corrected chi connectivity index (χ3v) is 6.07. The van der Waals surface area contributed by atoms with Crippen LogP contribution in [0.25, 0.3) is 16.6 Å². The van der Waals surface area contributed by atoms with Crippen molar-refractivity contribution in [3.63, 3.8) is 0 Å². The maximum atomic E-state index is 13.4. The van der Waals surface area contributed by atoms with Gasteiger partial charge in [0.1, 0.15) is 17.5 Å². The number of rotatable bonds is 8. The predicted octanol–water partition coefficient (Wildman–Crippen LogP) is 3.48. The summed E-state index contributed by atoms with van der Waals surface area (Å²) in [5, 5.41) is 12.7. The summed E-state index contributed by atoms with van der Waals surface area (Å²) >= 11 is 0. The van der Waals surface area contributed by atoms with E-state index < -0.39 is 11.6 Å². The molecule has 0 aliphatic carbocycles. The summed E-state index contributed by atoms with van der Waals surface area (Å²) < 4.78 is 13.7. The highest BCUT2D eigenvalue weighted by Gasteiger charge is 2.25. The Kier molecular flexibility index (Phi) is 6.86. The van der Waals surface area contributed by atoms with Crippen molar-refractivity contribution in [2.75, 3.05) is 14.2 Å². The second kappa shape index (κ2) is 10.0. The number of carbonyl (C=O) groups is 1. The van der Waals surface area contributed by atoms with Crippen molar-refractivity contribution in [3.8, 4) is 17.2 Å². The smallest absolute Gasteiger partial charge is 0.295 e. The quantitative estimate of drug-likeness (QED) is 0.419. The van der Waals surface area contributed by atoms with E-state index in [1.165, 1.54) is 4.68 Å². The largest absolute Gasteiger partial charge is 0.497 e. The highest BCUT2D eigenvalue weighted by Crippen LogP contribution is 2.25. The monoisotopic (exact) mass is 475 g/mol. The molecule has 0 radical (unpaired) electrons. The standard InChI is InChI=1S/C26H29N5O4/c1-6-21(25(32)27-15-18-14-20(34-4)12-13-22(18)35-5)31-26(33)24-23(16(2)28-31)17(3)30(29-24)19-10-8-7-9-11-19/h7-14,21H,6,15H2,1-5H3,(H,27,32)/t21-/m1/s1. The van der Waals surface area contributed by atoms with Gasteiger partial charge in [0.2, 0.25) is 5.91 Å². The Hall–Kier alpha value is -4.14. The molecule has 0 aliphatic heterocycles. The number of nitrogens with zero attached hydrogens (tertiary/aromatic N) is 4. The van der Waals surface area contributed by atoms with Crippen LogP contribution in [-0.4, -0.2) is 39.7 Å². The van der Waals surface area contributed by atoms with Gasteiger partial charge in [-0.1, -0.05) is 25.1 Å². The highest BCUT2D eigenvalue weighted by molar-refractivity contribution is 5.84. The molecule has 0 saturated heterocycles. The fraction of sp³-hybridized carbons (Fsp3) is 0.308. The van der Waals surface area contributed by atoms with E-state index in [9.17, 15) is 9.59 Å². The molecule has 0 bridgehead atoms. The number of para-hydroxylation sites is 1. The van der Waals surface area contributed by atoms with Crippen LogP contribution in [0.1, 0.15) is 36.3 Å². The first kappa shape index (κ1) is 24.0. The summed E-state index contributed by atoms with van der Waals surface area (Å²) in [5.74, 6) is 0.976. The maximum absolute atomic E-state index is 13.4. The lowest BCUT2D eigenvalue weighted by molar-refractivity contribution is -0.125. The summed E-state index contributed by atoms with van der Waals surface area (Å²) in [4.78, 5) is 26.6. The summed E-state index contributed by atoms with van der Waals surface area (Å²) in [7, 11) is 3.15. The number of aromatic nitrogens is 4. The zero-order valence-corrected chi connectivity index (χ0v) is 20.5. The molecule has 0 unspecified atom stereocenters. The SMILES string of the molecule is CC[C@H](C(=O)NCc1cc(OC)ccc1OC)n1nc(C)c2c(C)n(-c3ccccc3)nc2c1=O. The summed E-state index contributed by atoms with van der Waals surface area (Å²) in [6.45, 7) is 5.80. The Morgan fingerprint density at radius 1 is 1.06 bits per heavy atom. The Morgan fingerprint density at radius 2 is 1.80 bits per heavy atom. The van der Waals surface area contributed by atoms with Crippen LogP contribution >= 0.6 is 0 Å².